The zero-order valence-electron chi connectivity index (χ0n) is 9.99. The van der Waals surface area contributed by atoms with Gasteiger partial charge in [-0.1, -0.05) is 0 Å². The van der Waals surface area contributed by atoms with Crippen LogP contribution in [0.5, 0.6) is 0 Å². The van der Waals surface area contributed by atoms with Crippen LogP contribution in [0.4, 0.5) is 5.82 Å². The van der Waals surface area contributed by atoms with Gasteiger partial charge in [-0.2, -0.15) is 4.98 Å². The average molecular weight is 334 g/mol. The van der Waals surface area contributed by atoms with Crippen LogP contribution in [-0.4, -0.2) is 35.5 Å². The monoisotopic (exact) mass is 332 g/mol. The first-order valence-electron chi connectivity index (χ1n) is 5.79. The molecule has 0 spiro atoms. The Morgan fingerprint density at radius 1 is 1.61 bits per heavy atom. The van der Waals surface area contributed by atoms with Crippen molar-refractivity contribution in [1.82, 2.24) is 15.3 Å². The van der Waals surface area contributed by atoms with Crippen molar-refractivity contribution >= 4 is 39.3 Å². The number of likely N-dealkylation sites (N-methyl/N-ethyl adjacent to an activating group) is 1. The molecule has 1 fully saturated rings. The number of carbonyl (C=O) groups excluding carboxylic acids is 1. The average Bonchev–Trinajstić information content (AvgIpc) is 2.40. The van der Waals surface area contributed by atoms with Crippen LogP contribution in [-0.2, 0) is 4.79 Å². The van der Waals surface area contributed by atoms with Gasteiger partial charge in [-0.05, 0) is 46.8 Å². The minimum Gasteiger partial charge on any atom is -0.357 e. The van der Waals surface area contributed by atoms with Gasteiger partial charge < -0.3 is 10.2 Å². The number of piperidine rings is 1. The predicted octanol–water partition coefficient (Wildman–Crippen LogP) is 2.00. The van der Waals surface area contributed by atoms with E-state index in [1.54, 1.807) is 13.2 Å². The molecule has 1 aliphatic rings. The molecule has 1 amide bonds. The van der Waals surface area contributed by atoms with Crippen LogP contribution >= 0.6 is 27.5 Å². The fraction of sp³-hybridized carbons (Fsp3) is 0.545. The maximum atomic E-state index is 11.9. The quantitative estimate of drug-likeness (QED) is 0.841. The van der Waals surface area contributed by atoms with E-state index >= 15 is 0 Å². The second-order valence-corrected chi connectivity index (χ2v) is 5.32. The zero-order chi connectivity index (χ0) is 13.1. The molecule has 0 aromatic carbocycles. The van der Waals surface area contributed by atoms with Gasteiger partial charge in [-0.15, -0.1) is 0 Å². The van der Waals surface area contributed by atoms with Gasteiger partial charge in [0.25, 0.3) is 0 Å². The number of halogens is 2. The van der Waals surface area contributed by atoms with Gasteiger partial charge in [0, 0.05) is 19.8 Å². The molecule has 1 aromatic heterocycles. The molecule has 1 aliphatic heterocycles. The topological polar surface area (TPSA) is 58.1 Å². The van der Waals surface area contributed by atoms with Crippen molar-refractivity contribution in [3.63, 3.8) is 0 Å². The smallest absolute Gasteiger partial charge is 0.242 e. The molecule has 2 heterocycles. The van der Waals surface area contributed by atoms with Crippen LogP contribution in [0.2, 0.25) is 5.28 Å². The highest BCUT2D eigenvalue weighted by Crippen LogP contribution is 2.30. The lowest BCUT2D eigenvalue weighted by Crippen LogP contribution is -2.49. The summed E-state index contributed by atoms with van der Waals surface area (Å²) in [6.45, 7) is 0.796. The van der Waals surface area contributed by atoms with Crippen LogP contribution in [0.3, 0.4) is 0 Å². The number of rotatable bonds is 2. The van der Waals surface area contributed by atoms with Crippen LogP contribution in [0, 0.1) is 0 Å². The Kier molecular flexibility index (Phi) is 4.40. The Balaban J connectivity index is 2.33. The fourth-order valence-corrected chi connectivity index (χ4v) is 2.71. The van der Waals surface area contributed by atoms with Crippen molar-refractivity contribution in [2.45, 2.75) is 25.3 Å². The molecule has 1 N–H and O–H groups in total. The van der Waals surface area contributed by atoms with Crippen molar-refractivity contribution in [1.29, 1.82) is 0 Å². The third-order valence-corrected chi connectivity index (χ3v) is 3.76. The largest absolute Gasteiger partial charge is 0.357 e. The van der Waals surface area contributed by atoms with Gasteiger partial charge >= 0.3 is 0 Å². The number of anilines is 1. The lowest BCUT2D eigenvalue weighted by Gasteiger charge is -2.35. The Labute approximate surface area is 119 Å². The summed E-state index contributed by atoms with van der Waals surface area (Å²) in [4.78, 5) is 22.0. The normalized spacial score (nSPS) is 19.7. The van der Waals surface area contributed by atoms with Crippen LogP contribution in [0.1, 0.15) is 19.3 Å². The summed E-state index contributed by atoms with van der Waals surface area (Å²) in [6.07, 6.45) is 4.53. The molecule has 2 rings (SSSR count). The van der Waals surface area contributed by atoms with Crippen molar-refractivity contribution in [3.05, 3.63) is 16.0 Å². The third kappa shape index (κ3) is 2.75. The van der Waals surface area contributed by atoms with Gasteiger partial charge in [0.1, 0.15) is 11.9 Å². The fourth-order valence-electron chi connectivity index (χ4n) is 2.16. The Morgan fingerprint density at radius 3 is 3.11 bits per heavy atom. The standard InChI is InChI=1S/C11H14BrClN4O/c1-14-10(18)8-4-2-3-5-17(8)9-7(12)6-15-11(13)16-9/h6,8H,2-5H2,1H3,(H,14,18). The maximum absolute atomic E-state index is 11.9. The molecule has 1 atom stereocenters. The van der Waals surface area contributed by atoms with Crippen molar-refractivity contribution in [2.75, 3.05) is 18.5 Å². The number of amides is 1. The number of hydrogen-bond acceptors (Lipinski definition) is 4. The van der Waals surface area contributed by atoms with Gasteiger partial charge in [0.05, 0.1) is 4.47 Å². The highest BCUT2D eigenvalue weighted by atomic mass is 79.9. The first-order chi connectivity index (χ1) is 8.63. The first kappa shape index (κ1) is 13.5. The molecule has 0 saturated carbocycles. The first-order valence-corrected chi connectivity index (χ1v) is 6.97. The summed E-state index contributed by atoms with van der Waals surface area (Å²) in [5, 5.41) is 2.89. The minimum absolute atomic E-state index is 0.0105. The van der Waals surface area contributed by atoms with E-state index in [4.69, 9.17) is 11.6 Å². The summed E-state index contributed by atoms with van der Waals surface area (Å²) >= 11 is 9.23. The molecule has 1 saturated heterocycles. The Morgan fingerprint density at radius 2 is 2.39 bits per heavy atom. The number of carbonyl (C=O) groups is 1. The summed E-state index contributed by atoms with van der Waals surface area (Å²) < 4.78 is 0.753. The van der Waals surface area contributed by atoms with Crippen molar-refractivity contribution in [2.24, 2.45) is 0 Å². The van der Waals surface area contributed by atoms with Crippen LogP contribution in [0.15, 0.2) is 10.7 Å². The molecular formula is C11H14BrClN4O. The Bertz CT molecular complexity index is 457. The summed E-state index contributed by atoms with van der Waals surface area (Å²) in [5.41, 5.74) is 0. The Hall–Kier alpha value is -0.880. The van der Waals surface area contributed by atoms with Crippen molar-refractivity contribution < 1.29 is 4.79 Å². The molecule has 0 radical (unpaired) electrons. The lowest BCUT2D eigenvalue weighted by molar-refractivity contribution is -0.122. The lowest BCUT2D eigenvalue weighted by atomic mass is 10.0. The van der Waals surface area contributed by atoms with E-state index in [2.05, 4.69) is 31.2 Å². The molecule has 0 bridgehead atoms. The van der Waals surface area contributed by atoms with Gasteiger partial charge in [0.15, 0.2) is 0 Å². The molecule has 7 heteroatoms. The minimum atomic E-state index is -0.189. The molecule has 98 valence electrons. The number of nitrogens with one attached hydrogen (secondary N) is 1. The third-order valence-electron chi connectivity index (χ3n) is 3.02. The van der Waals surface area contributed by atoms with Crippen LogP contribution < -0.4 is 10.2 Å². The molecule has 0 aliphatic carbocycles. The van der Waals surface area contributed by atoms with E-state index in [1.165, 1.54) is 0 Å². The van der Waals surface area contributed by atoms with Gasteiger partial charge in [0.2, 0.25) is 11.2 Å². The van der Waals surface area contributed by atoms with Crippen LogP contribution in [0.25, 0.3) is 0 Å². The maximum Gasteiger partial charge on any atom is 0.242 e. The van der Waals surface area contributed by atoms with E-state index in [0.717, 1.165) is 30.3 Å². The summed E-state index contributed by atoms with van der Waals surface area (Å²) in [7, 11) is 1.65. The molecule has 5 nitrogen and oxygen atoms in total. The number of aromatic nitrogens is 2. The van der Waals surface area contributed by atoms with E-state index in [1.807, 2.05) is 4.90 Å². The van der Waals surface area contributed by atoms with E-state index in [-0.39, 0.29) is 17.2 Å². The summed E-state index contributed by atoms with van der Waals surface area (Å²) in [5.74, 6) is 0.694. The van der Waals surface area contributed by atoms with Crippen molar-refractivity contribution in [3.8, 4) is 0 Å². The molecular weight excluding hydrogens is 320 g/mol. The predicted molar refractivity (Wildman–Crippen MR) is 73.8 cm³/mol. The summed E-state index contributed by atoms with van der Waals surface area (Å²) in [6, 6.07) is -0.189. The molecule has 1 aromatic rings. The zero-order valence-corrected chi connectivity index (χ0v) is 12.3. The second-order valence-electron chi connectivity index (χ2n) is 4.13. The number of hydrogen-bond donors (Lipinski definition) is 1. The van der Waals surface area contributed by atoms with Gasteiger partial charge in [-0.3, -0.25) is 4.79 Å². The van der Waals surface area contributed by atoms with E-state index in [0.29, 0.717) is 5.82 Å². The van der Waals surface area contributed by atoms with Gasteiger partial charge in [-0.25, -0.2) is 4.98 Å². The van der Waals surface area contributed by atoms with E-state index in [9.17, 15) is 4.79 Å². The molecule has 18 heavy (non-hydrogen) atoms. The highest BCUT2D eigenvalue weighted by Gasteiger charge is 2.30. The second kappa shape index (κ2) is 5.84. The SMILES string of the molecule is CNC(=O)C1CCCCN1c1nc(Cl)ncc1Br. The molecule has 1 unspecified atom stereocenters. The van der Waals surface area contributed by atoms with E-state index < -0.39 is 0 Å². The highest BCUT2D eigenvalue weighted by molar-refractivity contribution is 9.10. The number of nitrogens with zero attached hydrogens (tertiary/aromatic N) is 3.